The van der Waals surface area contributed by atoms with E-state index in [9.17, 15) is 0 Å². The van der Waals surface area contributed by atoms with E-state index in [-0.39, 0.29) is 0 Å². The van der Waals surface area contributed by atoms with Crippen molar-refractivity contribution >= 4 is 33.1 Å². The molecular weight excluding hydrogens is 382 g/mol. The zero-order valence-corrected chi connectivity index (χ0v) is 17.7. The second-order valence-electron chi connectivity index (χ2n) is 7.60. The molecule has 0 amide bonds. The van der Waals surface area contributed by atoms with E-state index < -0.39 is 0 Å². The summed E-state index contributed by atoms with van der Waals surface area (Å²) in [4.78, 5) is 17.1. The van der Waals surface area contributed by atoms with Crippen LogP contribution in [0.25, 0.3) is 21.3 Å². The van der Waals surface area contributed by atoms with Gasteiger partial charge in [-0.1, -0.05) is 6.92 Å². The summed E-state index contributed by atoms with van der Waals surface area (Å²) in [6, 6.07) is 8.66. The highest BCUT2D eigenvalue weighted by molar-refractivity contribution is 7.17. The quantitative estimate of drug-likeness (QED) is 0.659. The summed E-state index contributed by atoms with van der Waals surface area (Å²) in [5.41, 5.74) is 2.08. The Bertz CT molecular complexity index is 959. The van der Waals surface area contributed by atoms with Crippen LogP contribution in [0.1, 0.15) is 6.92 Å². The highest BCUT2D eigenvalue weighted by atomic mass is 32.1. The Morgan fingerprint density at radius 2 is 1.83 bits per heavy atom. The maximum absolute atomic E-state index is 5.45. The topological polar surface area (TPSA) is 44.7 Å². The van der Waals surface area contributed by atoms with E-state index >= 15 is 0 Å². The van der Waals surface area contributed by atoms with Crippen LogP contribution in [0.3, 0.4) is 0 Å². The first-order valence-electron chi connectivity index (χ1n) is 10.5. The molecule has 0 aliphatic carbocycles. The number of thiophene rings is 1. The van der Waals surface area contributed by atoms with Crippen LogP contribution in [0.2, 0.25) is 0 Å². The van der Waals surface area contributed by atoms with Gasteiger partial charge in [0.05, 0.1) is 23.6 Å². The standard InChI is InChI=1S/C22H27N5OS/c1-2-25-6-8-27(9-7-25)22-21-17(5-14-29-21)15-19(24-22)18-3-4-20(23-16-18)26-10-12-28-13-11-26/h3-5,14-16H,2,6-13H2,1H3. The van der Waals surface area contributed by atoms with Crippen molar-refractivity contribution in [3.8, 4) is 11.3 Å². The van der Waals surface area contributed by atoms with Gasteiger partial charge in [0.25, 0.3) is 0 Å². The predicted molar refractivity (Wildman–Crippen MR) is 120 cm³/mol. The summed E-state index contributed by atoms with van der Waals surface area (Å²) in [6.07, 6.45) is 1.96. The molecule has 0 bridgehead atoms. The third-order valence-corrected chi connectivity index (χ3v) is 6.84. The zero-order valence-electron chi connectivity index (χ0n) is 16.9. The number of piperazine rings is 1. The Morgan fingerprint density at radius 3 is 2.55 bits per heavy atom. The van der Waals surface area contributed by atoms with Crippen LogP contribution in [0.5, 0.6) is 0 Å². The van der Waals surface area contributed by atoms with Gasteiger partial charge in [0.15, 0.2) is 0 Å². The van der Waals surface area contributed by atoms with Crippen molar-refractivity contribution in [1.82, 2.24) is 14.9 Å². The van der Waals surface area contributed by atoms with Crippen molar-refractivity contribution in [3.63, 3.8) is 0 Å². The van der Waals surface area contributed by atoms with Crippen molar-refractivity contribution < 1.29 is 4.74 Å². The molecule has 0 N–H and O–H groups in total. The van der Waals surface area contributed by atoms with Crippen molar-refractivity contribution in [2.75, 3.05) is 68.8 Å². The van der Waals surface area contributed by atoms with Gasteiger partial charge in [-0.05, 0) is 41.6 Å². The third-order valence-electron chi connectivity index (χ3n) is 5.92. The second kappa shape index (κ2) is 8.26. The molecule has 7 heteroatoms. The first-order chi connectivity index (χ1) is 14.3. The number of morpholine rings is 1. The minimum absolute atomic E-state index is 0.772. The lowest BCUT2D eigenvalue weighted by Gasteiger charge is -2.35. The largest absolute Gasteiger partial charge is 0.378 e. The fourth-order valence-corrected chi connectivity index (χ4v) is 5.01. The zero-order chi connectivity index (χ0) is 19.6. The molecule has 5 rings (SSSR count). The van der Waals surface area contributed by atoms with Crippen LogP contribution >= 0.6 is 11.3 Å². The number of anilines is 2. The molecule has 0 aromatic carbocycles. The number of fused-ring (bicyclic) bond motifs is 1. The lowest BCUT2D eigenvalue weighted by atomic mass is 10.1. The Labute approximate surface area is 175 Å². The number of likely N-dealkylation sites (N-methyl/N-ethyl adjacent to an activating group) is 1. The van der Waals surface area contributed by atoms with Gasteiger partial charge in [-0.25, -0.2) is 9.97 Å². The first kappa shape index (κ1) is 18.8. The second-order valence-corrected chi connectivity index (χ2v) is 8.51. The normalized spacial score (nSPS) is 18.5. The SMILES string of the molecule is CCN1CCN(c2nc(-c3ccc(N4CCOCC4)nc3)cc3ccsc23)CC1. The molecule has 3 aromatic heterocycles. The highest BCUT2D eigenvalue weighted by Crippen LogP contribution is 2.34. The van der Waals surface area contributed by atoms with Gasteiger partial charge in [-0.3, -0.25) is 0 Å². The molecule has 2 saturated heterocycles. The molecule has 3 aromatic rings. The summed E-state index contributed by atoms with van der Waals surface area (Å²) in [7, 11) is 0. The van der Waals surface area contributed by atoms with E-state index in [2.05, 4.69) is 51.3 Å². The highest BCUT2D eigenvalue weighted by Gasteiger charge is 2.21. The van der Waals surface area contributed by atoms with Gasteiger partial charge in [0.2, 0.25) is 0 Å². The van der Waals surface area contributed by atoms with E-state index in [0.29, 0.717) is 0 Å². The summed E-state index contributed by atoms with van der Waals surface area (Å²) in [6.45, 7) is 11.0. The number of pyridine rings is 2. The molecule has 5 heterocycles. The fraction of sp³-hybridized carbons (Fsp3) is 0.455. The molecule has 0 atom stereocenters. The van der Waals surface area contributed by atoms with E-state index in [1.165, 1.54) is 10.1 Å². The van der Waals surface area contributed by atoms with Crippen LogP contribution < -0.4 is 9.80 Å². The molecule has 29 heavy (non-hydrogen) atoms. The lowest BCUT2D eigenvalue weighted by molar-refractivity contribution is 0.122. The van der Waals surface area contributed by atoms with Crippen LogP contribution in [-0.4, -0.2) is 73.9 Å². The minimum atomic E-state index is 0.772. The van der Waals surface area contributed by atoms with Crippen LogP contribution in [0.4, 0.5) is 11.6 Å². The summed E-state index contributed by atoms with van der Waals surface area (Å²) in [5, 5.41) is 3.44. The Kier molecular flexibility index (Phi) is 5.35. The summed E-state index contributed by atoms with van der Waals surface area (Å²) in [5.74, 6) is 2.14. The average Bonchev–Trinajstić information content (AvgIpc) is 3.28. The Hall–Kier alpha value is -2.22. The molecule has 6 nitrogen and oxygen atoms in total. The molecule has 2 aliphatic rings. The Morgan fingerprint density at radius 1 is 1.00 bits per heavy atom. The van der Waals surface area contributed by atoms with E-state index in [4.69, 9.17) is 14.7 Å². The van der Waals surface area contributed by atoms with E-state index in [1.54, 1.807) is 11.3 Å². The molecule has 2 fully saturated rings. The van der Waals surface area contributed by atoms with Gasteiger partial charge >= 0.3 is 0 Å². The molecule has 0 unspecified atom stereocenters. The smallest absolute Gasteiger partial charge is 0.147 e. The van der Waals surface area contributed by atoms with Gasteiger partial charge < -0.3 is 19.4 Å². The number of hydrogen-bond donors (Lipinski definition) is 0. The summed E-state index contributed by atoms with van der Waals surface area (Å²) >= 11 is 1.79. The molecule has 0 saturated carbocycles. The minimum Gasteiger partial charge on any atom is -0.378 e. The molecule has 0 spiro atoms. The van der Waals surface area contributed by atoms with Gasteiger partial charge in [0.1, 0.15) is 11.6 Å². The Balaban J connectivity index is 1.44. The molecule has 0 radical (unpaired) electrons. The third kappa shape index (κ3) is 3.82. The van der Waals surface area contributed by atoms with Gasteiger partial charge in [0, 0.05) is 51.0 Å². The maximum atomic E-state index is 5.45. The maximum Gasteiger partial charge on any atom is 0.147 e. The van der Waals surface area contributed by atoms with Gasteiger partial charge in [-0.15, -0.1) is 11.3 Å². The van der Waals surface area contributed by atoms with E-state index in [1.807, 2.05) is 6.20 Å². The first-order valence-corrected chi connectivity index (χ1v) is 11.3. The molecule has 2 aliphatic heterocycles. The van der Waals surface area contributed by atoms with Crippen molar-refractivity contribution in [3.05, 3.63) is 35.8 Å². The number of rotatable bonds is 4. The lowest BCUT2D eigenvalue weighted by Crippen LogP contribution is -2.46. The number of nitrogens with zero attached hydrogens (tertiary/aromatic N) is 5. The monoisotopic (exact) mass is 409 g/mol. The van der Waals surface area contributed by atoms with Crippen molar-refractivity contribution in [2.45, 2.75) is 6.92 Å². The van der Waals surface area contributed by atoms with Crippen LogP contribution in [0, 0.1) is 0 Å². The average molecular weight is 410 g/mol. The van der Waals surface area contributed by atoms with Crippen LogP contribution in [-0.2, 0) is 4.74 Å². The number of aromatic nitrogens is 2. The van der Waals surface area contributed by atoms with Gasteiger partial charge in [-0.2, -0.15) is 0 Å². The number of ether oxygens (including phenoxy) is 1. The molecular formula is C22H27N5OS. The number of hydrogen-bond acceptors (Lipinski definition) is 7. The van der Waals surface area contributed by atoms with Crippen LogP contribution in [0.15, 0.2) is 35.8 Å². The fourth-order valence-electron chi connectivity index (χ4n) is 4.11. The van der Waals surface area contributed by atoms with Crippen molar-refractivity contribution in [2.24, 2.45) is 0 Å². The van der Waals surface area contributed by atoms with E-state index in [0.717, 1.165) is 81.9 Å². The predicted octanol–water partition coefficient (Wildman–Crippen LogP) is 3.34. The molecule has 152 valence electrons. The summed E-state index contributed by atoms with van der Waals surface area (Å²) < 4.78 is 6.73. The van der Waals surface area contributed by atoms with Crippen molar-refractivity contribution in [1.29, 1.82) is 0 Å².